The number of hydrogen-bond acceptors (Lipinski definition) is 6. The summed E-state index contributed by atoms with van der Waals surface area (Å²) in [6.45, 7) is -0.427. The van der Waals surface area contributed by atoms with Gasteiger partial charge in [-0.15, -0.1) is 0 Å². The van der Waals surface area contributed by atoms with E-state index in [9.17, 15) is 28.0 Å². The van der Waals surface area contributed by atoms with E-state index in [1.54, 1.807) is 0 Å². The van der Waals surface area contributed by atoms with E-state index in [0.717, 1.165) is 24.0 Å². The molecule has 0 spiro atoms. The van der Waals surface area contributed by atoms with Crippen LogP contribution in [0.4, 0.5) is 20.2 Å². The van der Waals surface area contributed by atoms with E-state index in [1.807, 2.05) is 0 Å². The summed E-state index contributed by atoms with van der Waals surface area (Å²) in [7, 11) is 1.19. The molecule has 1 aromatic carbocycles. The lowest BCUT2D eigenvalue weighted by atomic mass is 9.90. The van der Waals surface area contributed by atoms with Crippen molar-refractivity contribution in [2.45, 2.75) is 32.6 Å². The molecule has 0 N–H and O–H groups in total. The molecule has 10 heteroatoms. The quantitative estimate of drug-likeness (QED) is 0.659. The summed E-state index contributed by atoms with van der Waals surface area (Å²) >= 11 is 0. The minimum absolute atomic E-state index is 0.00242. The van der Waals surface area contributed by atoms with Crippen molar-refractivity contribution >= 4 is 35.1 Å². The zero-order valence-corrected chi connectivity index (χ0v) is 17.2. The van der Waals surface area contributed by atoms with Crippen molar-refractivity contribution in [3.05, 3.63) is 29.1 Å². The number of ether oxygens (including phenoxy) is 2. The minimum atomic E-state index is -0.937. The average molecular weight is 436 g/mol. The number of imide groups is 1. The fourth-order valence-corrected chi connectivity index (χ4v) is 3.76. The third kappa shape index (κ3) is 4.28. The first kappa shape index (κ1) is 22.4. The van der Waals surface area contributed by atoms with Crippen LogP contribution in [0.15, 0.2) is 23.3 Å². The molecule has 1 aliphatic heterocycles. The van der Waals surface area contributed by atoms with Crippen LogP contribution < -0.4 is 14.5 Å². The summed E-state index contributed by atoms with van der Waals surface area (Å²) in [4.78, 5) is 51.6. The second kappa shape index (κ2) is 9.23. The maximum absolute atomic E-state index is 14.9. The van der Waals surface area contributed by atoms with Crippen molar-refractivity contribution < 1.29 is 37.4 Å². The van der Waals surface area contributed by atoms with Crippen molar-refractivity contribution in [3.8, 4) is 5.75 Å². The molecule has 1 heterocycles. The van der Waals surface area contributed by atoms with Crippen LogP contribution in [0.5, 0.6) is 5.75 Å². The lowest BCUT2D eigenvalue weighted by molar-refractivity contribution is -0.137. The van der Waals surface area contributed by atoms with Crippen molar-refractivity contribution in [2.24, 2.45) is 0 Å². The molecule has 2 aliphatic rings. The Hall–Kier alpha value is -3.30. The predicted octanol–water partition coefficient (Wildman–Crippen LogP) is 2.44. The highest BCUT2D eigenvalue weighted by Gasteiger charge is 2.34. The Balaban J connectivity index is 2.11. The molecule has 1 aliphatic carbocycles. The van der Waals surface area contributed by atoms with E-state index in [2.05, 4.69) is 0 Å². The maximum atomic E-state index is 14.9. The lowest BCUT2D eigenvalue weighted by Gasteiger charge is -2.31. The summed E-state index contributed by atoms with van der Waals surface area (Å²) in [5.74, 6) is -3.78. The number of halogens is 2. The van der Waals surface area contributed by atoms with Crippen LogP contribution in [-0.2, 0) is 23.9 Å². The molecule has 166 valence electrons. The van der Waals surface area contributed by atoms with Gasteiger partial charge in [0.15, 0.2) is 12.4 Å². The molecule has 0 bridgehead atoms. The number of carbonyl (C=O) groups excluding carboxylic acids is 4. The highest BCUT2D eigenvalue weighted by atomic mass is 19.1. The van der Waals surface area contributed by atoms with E-state index < -0.39 is 41.9 Å². The van der Waals surface area contributed by atoms with E-state index in [-0.39, 0.29) is 42.2 Å². The molecule has 3 rings (SSSR count). The number of benzene rings is 1. The van der Waals surface area contributed by atoms with E-state index in [4.69, 9.17) is 9.47 Å². The van der Waals surface area contributed by atoms with Crippen LogP contribution in [0, 0.1) is 5.82 Å². The average Bonchev–Trinajstić information content (AvgIpc) is 2.75. The van der Waals surface area contributed by atoms with Crippen LogP contribution in [-0.4, -0.2) is 50.6 Å². The zero-order valence-electron chi connectivity index (χ0n) is 17.2. The first-order chi connectivity index (χ1) is 14.8. The number of amides is 3. The van der Waals surface area contributed by atoms with Crippen molar-refractivity contribution in [2.75, 3.05) is 36.7 Å². The Morgan fingerprint density at radius 1 is 1.19 bits per heavy atom. The highest BCUT2D eigenvalue weighted by Crippen LogP contribution is 2.39. The van der Waals surface area contributed by atoms with Gasteiger partial charge in [0, 0.05) is 24.1 Å². The molecule has 0 saturated heterocycles. The molecule has 0 saturated carbocycles. The van der Waals surface area contributed by atoms with Crippen molar-refractivity contribution in [1.29, 1.82) is 0 Å². The molecule has 3 amide bonds. The van der Waals surface area contributed by atoms with Gasteiger partial charge in [-0.05, 0) is 31.7 Å². The minimum Gasteiger partial charge on any atom is -0.481 e. The normalized spacial score (nSPS) is 15.9. The molecule has 0 unspecified atom stereocenters. The van der Waals surface area contributed by atoms with E-state index >= 15 is 0 Å². The largest absolute Gasteiger partial charge is 0.481 e. The second-order valence-corrected chi connectivity index (χ2v) is 7.11. The monoisotopic (exact) mass is 436 g/mol. The summed E-state index contributed by atoms with van der Waals surface area (Å²) in [6, 6.07) is 2.06. The molecule has 31 heavy (non-hydrogen) atoms. The van der Waals surface area contributed by atoms with Crippen molar-refractivity contribution in [1.82, 2.24) is 0 Å². The smallest absolute Gasteiger partial charge is 0.334 e. The SMILES string of the molecule is COC(=O)C1=C(C(=O)N(C(C)=O)c2cc3c(cc2F)OCC(=O)N3CCF)CCCC1. The molecule has 0 atom stereocenters. The number of fused-ring (bicyclic) bond motifs is 1. The number of carbonyl (C=O) groups is 4. The number of hydrogen-bond donors (Lipinski definition) is 0. The lowest BCUT2D eigenvalue weighted by Crippen LogP contribution is -2.41. The van der Waals surface area contributed by atoms with Gasteiger partial charge in [-0.1, -0.05) is 0 Å². The molecular formula is C21H22F2N2O6. The Kier molecular flexibility index (Phi) is 6.67. The first-order valence-electron chi connectivity index (χ1n) is 9.78. The number of methoxy groups -OCH3 is 1. The topological polar surface area (TPSA) is 93.2 Å². The fourth-order valence-electron chi connectivity index (χ4n) is 3.76. The van der Waals surface area contributed by atoms with Gasteiger partial charge < -0.3 is 14.4 Å². The summed E-state index contributed by atoms with van der Waals surface area (Å²) < 4.78 is 37.9. The summed E-state index contributed by atoms with van der Waals surface area (Å²) in [5.41, 5.74) is -0.129. The van der Waals surface area contributed by atoms with Gasteiger partial charge in [0.2, 0.25) is 5.91 Å². The summed E-state index contributed by atoms with van der Waals surface area (Å²) in [6.07, 6.45) is 1.83. The standard InChI is InChI=1S/C21H22F2N2O6/c1-12(26)25(20(28)13-5-3-4-6-14(13)21(29)30-2)16-10-17-18(9-15(16)23)31-11-19(27)24(17)8-7-22/h9-10H,3-8,11H2,1-2H3. The van der Waals surface area contributed by atoms with Crippen LogP contribution >= 0.6 is 0 Å². The molecule has 1 aromatic rings. The number of anilines is 2. The Labute approximate surface area is 177 Å². The number of rotatable bonds is 5. The predicted molar refractivity (Wildman–Crippen MR) is 106 cm³/mol. The third-order valence-electron chi connectivity index (χ3n) is 5.20. The van der Waals surface area contributed by atoms with Crippen LogP contribution in [0.2, 0.25) is 0 Å². The molecule has 0 radical (unpaired) electrons. The first-order valence-corrected chi connectivity index (χ1v) is 9.78. The van der Waals surface area contributed by atoms with Gasteiger partial charge in [-0.2, -0.15) is 0 Å². The Morgan fingerprint density at radius 3 is 2.48 bits per heavy atom. The van der Waals surface area contributed by atoms with Gasteiger partial charge in [0.05, 0.1) is 25.0 Å². The van der Waals surface area contributed by atoms with Gasteiger partial charge in [0.1, 0.15) is 12.4 Å². The number of alkyl halides is 1. The maximum Gasteiger partial charge on any atom is 0.334 e. The molecule has 0 fully saturated rings. The van der Waals surface area contributed by atoms with Gasteiger partial charge in [-0.25, -0.2) is 18.5 Å². The Morgan fingerprint density at radius 2 is 1.87 bits per heavy atom. The Bertz CT molecular complexity index is 975. The number of esters is 1. The highest BCUT2D eigenvalue weighted by molar-refractivity contribution is 6.22. The summed E-state index contributed by atoms with van der Waals surface area (Å²) in [5, 5.41) is 0. The van der Waals surface area contributed by atoms with Gasteiger partial charge in [0.25, 0.3) is 11.8 Å². The van der Waals surface area contributed by atoms with Crippen LogP contribution in [0.1, 0.15) is 32.6 Å². The van der Waals surface area contributed by atoms with E-state index in [0.29, 0.717) is 24.2 Å². The van der Waals surface area contributed by atoms with E-state index in [1.165, 1.54) is 7.11 Å². The molecule has 8 nitrogen and oxygen atoms in total. The fraction of sp³-hybridized carbons (Fsp3) is 0.429. The molecular weight excluding hydrogens is 414 g/mol. The van der Waals surface area contributed by atoms with Crippen LogP contribution in [0.3, 0.4) is 0 Å². The third-order valence-corrected chi connectivity index (χ3v) is 5.20. The zero-order chi connectivity index (χ0) is 22.7. The van der Waals surface area contributed by atoms with Crippen molar-refractivity contribution in [3.63, 3.8) is 0 Å². The van der Waals surface area contributed by atoms with Gasteiger partial charge in [-0.3, -0.25) is 14.4 Å². The van der Waals surface area contributed by atoms with Gasteiger partial charge >= 0.3 is 5.97 Å². The van der Waals surface area contributed by atoms with Crippen LogP contribution in [0.25, 0.3) is 0 Å². The molecule has 0 aromatic heterocycles. The number of nitrogens with zero attached hydrogens (tertiary/aromatic N) is 2. The second-order valence-electron chi connectivity index (χ2n) is 7.11.